The molecule has 3 heteroatoms. The summed E-state index contributed by atoms with van der Waals surface area (Å²) in [5.74, 6) is 1.08. The first-order chi connectivity index (χ1) is 9.88. The largest absolute Gasteiger partial charge is 0.494 e. The Hall–Kier alpha value is -2.42. The molecule has 0 saturated heterocycles. The minimum atomic E-state index is 0.167. The monoisotopic (exact) mass is 266 g/mol. The van der Waals surface area contributed by atoms with Crippen LogP contribution in [0.25, 0.3) is 0 Å². The Morgan fingerprint density at radius 1 is 0.950 bits per heavy atom. The molecule has 0 unspecified atom stereocenters. The summed E-state index contributed by atoms with van der Waals surface area (Å²) < 4.78 is 5.61. The first-order valence-electron chi connectivity index (χ1n) is 6.88. The number of aromatic amines is 2. The van der Waals surface area contributed by atoms with Crippen molar-refractivity contribution in [2.75, 3.05) is 6.61 Å². The molecule has 20 heavy (non-hydrogen) atoms. The molecule has 0 saturated carbocycles. The van der Waals surface area contributed by atoms with Crippen molar-refractivity contribution in [2.45, 2.75) is 12.8 Å². The van der Waals surface area contributed by atoms with E-state index in [0.29, 0.717) is 6.61 Å². The minimum absolute atomic E-state index is 0.167. The number of H-pyrrole nitrogens is 2. The highest BCUT2D eigenvalue weighted by atomic mass is 16.5. The van der Waals surface area contributed by atoms with Gasteiger partial charge in [-0.3, -0.25) is 0 Å². The highest BCUT2D eigenvalue weighted by molar-refractivity contribution is 5.41. The third-order valence-electron chi connectivity index (χ3n) is 3.37. The smallest absolute Gasteiger partial charge is 0.119 e. The standard InChI is InChI=1S/C17H18N2O/c1-2-20-14-7-3-6-13(12-14)17(15-8-4-10-18-15)16-9-5-11-19-16/h3-12,17-19H,2H2,1H3. The number of hydrogen-bond acceptors (Lipinski definition) is 1. The minimum Gasteiger partial charge on any atom is -0.494 e. The van der Waals surface area contributed by atoms with Gasteiger partial charge in [0.15, 0.2) is 0 Å². The molecule has 2 aromatic heterocycles. The van der Waals surface area contributed by atoms with E-state index < -0.39 is 0 Å². The van der Waals surface area contributed by atoms with Crippen LogP contribution in [0, 0.1) is 0 Å². The molecule has 0 aliphatic carbocycles. The third-order valence-corrected chi connectivity index (χ3v) is 3.37. The molecule has 3 aromatic rings. The number of nitrogens with one attached hydrogen (secondary N) is 2. The van der Waals surface area contributed by atoms with Crippen LogP contribution in [0.2, 0.25) is 0 Å². The molecule has 0 aliphatic heterocycles. The van der Waals surface area contributed by atoms with Gasteiger partial charge < -0.3 is 14.7 Å². The molecule has 2 heterocycles. The summed E-state index contributed by atoms with van der Waals surface area (Å²) in [6.07, 6.45) is 3.91. The molecule has 2 N–H and O–H groups in total. The van der Waals surface area contributed by atoms with Gasteiger partial charge in [0, 0.05) is 23.8 Å². The number of hydrogen-bond donors (Lipinski definition) is 2. The zero-order valence-electron chi connectivity index (χ0n) is 11.5. The van der Waals surface area contributed by atoms with Gasteiger partial charge in [-0.2, -0.15) is 0 Å². The van der Waals surface area contributed by atoms with Crippen LogP contribution in [-0.4, -0.2) is 16.6 Å². The van der Waals surface area contributed by atoms with E-state index >= 15 is 0 Å². The van der Waals surface area contributed by atoms with Crippen LogP contribution in [0.1, 0.15) is 29.8 Å². The van der Waals surface area contributed by atoms with Gasteiger partial charge in [0.2, 0.25) is 0 Å². The molecule has 0 aliphatic rings. The summed E-state index contributed by atoms with van der Waals surface area (Å²) in [5, 5.41) is 0. The van der Waals surface area contributed by atoms with Gasteiger partial charge in [-0.05, 0) is 48.9 Å². The Balaban J connectivity index is 2.04. The van der Waals surface area contributed by atoms with Gasteiger partial charge in [0.25, 0.3) is 0 Å². The second kappa shape index (κ2) is 5.70. The summed E-state index contributed by atoms with van der Waals surface area (Å²) >= 11 is 0. The fraction of sp³-hybridized carbons (Fsp3) is 0.176. The van der Waals surface area contributed by atoms with Gasteiger partial charge in [-0.15, -0.1) is 0 Å². The Bertz CT molecular complexity index is 607. The van der Waals surface area contributed by atoms with Gasteiger partial charge in [0.1, 0.15) is 5.75 Å². The van der Waals surface area contributed by atoms with E-state index in [9.17, 15) is 0 Å². The Kier molecular flexibility index (Phi) is 3.59. The third kappa shape index (κ3) is 2.48. The maximum Gasteiger partial charge on any atom is 0.119 e. The zero-order valence-corrected chi connectivity index (χ0v) is 11.5. The van der Waals surface area contributed by atoms with E-state index in [1.165, 1.54) is 17.0 Å². The molecule has 3 nitrogen and oxygen atoms in total. The molecule has 1 aromatic carbocycles. The Morgan fingerprint density at radius 3 is 2.20 bits per heavy atom. The quantitative estimate of drug-likeness (QED) is 0.722. The van der Waals surface area contributed by atoms with Crippen molar-refractivity contribution in [3.8, 4) is 5.75 Å². The predicted molar refractivity (Wildman–Crippen MR) is 80.1 cm³/mol. The first-order valence-corrected chi connectivity index (χ1v) is 6.88. The molecular formula is C17H18N2O. The molecular weight excluding hydrogens is 248 g/mol. The number of aromatic nitrogens is 2. The van der Waals surface area contributed by atoms with Crippen LogP contribution in [0.15, 0.2) is 60.9 Å². The lowest BCUT2D eigenvalue weighted by molar-refractivity contribution is 0.340. The van der Waals surface area contributed by atoms with Crippen LogP contribution in [0.5, 0.6) is 5.75 Å². The molecule has 0 amide bonds. The topological polar surface area (TPSA) is 40.8 Å². The highest BCUT2D eigenvalue weighted by Gasteiger charge is 2.18. The van der Waals surface area contributed by atoms with Gasteiger partial charge in [0.05, 0.1) is 12.5 Å². The van der Waals surface area contributed by atoms with E-state index in [1.54, 1.807) is 0 Å². The molecule has 0 atom stereocenters. The van der Waals surface area contributed by atoms with E-state index in [2.05, 4.69) is 34.2 Å². The van der Waals surface area contributed by atoms with Gasteiger partial charge in [-0.1, -0.05) is 12.1 Å². The summed E-state index contributed by atoms with van der Waals surface area (Å²) in [7, 11) is 0. The first kappa shape index (κ1) is 12.6. The average Bonchev–Trinajstić information content (AvgIpc) is 3.14. The summed E-state index contributed by atoms with van der Waals surface area (Å²) in [6, 6.07) is 16.5. The average molecular weight is 266 g/mol. The lowest BCUT2D eigenvalue weighted by Crippen LogP contribution is -2.04. The van der Waals surface area contributed by atoms with Crippen molar-refractivity contribution < 1.29 is 4.74 Å². The highest BCUT2D eigenvalue weighted by Crippen LogP contribution is 2.31. The molecule has 0 bridgehead atoms. The predicted octanol–water partition coefficient (Wildman–Crippen LogP) is 3.92. The van der Waals surface area contributed by atoms with E-state index in [1.807, 2.05) is 43.6 Å². The fourth-order valence-corrected chi connectivity index (χ4v) is 2.52. The lowest BCUT2D eigenvalue weighted by atomic mass is 9.92. The zero-order chi connectivity index (χ0) is 13.8. The second-order valence-corrected chi connectivity index (χ2v) is 4.69. The van der Waals surface area contributed by atoms with E-state index in [-0.39, 0.29) is 5.92 Å². The second-order valence-electron chi connectivity index (χ2n) is 4.69. The van der Waals surface area contributed by atoms with Crippen LogP contribution < -0.4 is 4.74 Å². The maximum atomic E-state index is 5.61. The number of ether oxygens (including phenoxy) is 1. The van der Waals surface area contributed by atoms with Gasteiger partial charge >= 0.3 is 0 Å². The van der Waals surface area contributed by atoms with Crippen LogP contribution in [0.3, 0.4) is 0 Å². The SMILES string of the molecule is CCOc1cccc(C(c2ccc[nH]2)c2ccc[nH]2)c1. The number of benzene rings is 1. The number of rotatable bonds is 5. The fourth-order valence-electron chi connectivity index (χ4n) is 2.52. The summed E-state index contributed by atoms with van der Waals surface area (Å²) in [5.41, 5.74) is 3.54. The van der Waals surface area contributed by atoms with Crippen molar-refractivity contribution in [1.82, 2.24) is 9.97 Å². The van der Waals surface area contributed by atoms with E-state index in [0.717, 1.165) is 5.75 Å². The van der Waals surface area contributed by atoms with Crippen LogP contribution in [0.4, 0.5) is 0 Å². The molecule has 3 rings (SSSR count). The Labute approximate surface area is 118 Å². The van der Waals surface area contributed by atoms with Crippen molar-refractivity contribution in [3.63, 3.8) is 0 Å². The molecule has 0 fully saturated rings. The van der Waals surface area contributed by atoms with Crippen LogP contribution in [-0.2, 0) is 0 Å². The molecule has 0 spiro atoms. The normalized spacial score (nSPS) is 10.9. The summed E-state index contributed by atoms with van der Waals surface area (Å²) in [6.45, 7) is 2.68. The van der Waals surface area contributed by atoms with Crippen molar-refractivity contribution in [3.05, 3.63) is 77.9 Å². The summed E-state index contributed by atoms with van der Waals surface area (Å²) in [4.78, 5) is 6.63. The Morgan fingerprint density at radius 2 is 1.65 bits per heavy atom. The van der Waals surface area contributed by atoms with Gasteiger partial charge in [-0.25, -0.2) is 0 Å². The maximum absolute atomic E-state index is 5.61. The lowest BCUT2D eigenvalue weighted by Gasteiger charge is -2.16. The van der Waals surface area contributed by atoms with Crippen molar-refractivity contribution in [1.29, 1.82) is 0 Å². The molecule has 102 valence electrons. The van der Waals surface area contributed by atoms with E-state index in [4.69, 9.17) is 4.74 Å². The van der Waals surface area contributed by atoms with Crippen molar-refractivity contribution >= 4 is 0 Å². The molecule has 0 radical (unpaired) electrons. The van der Waals surface area contributed by atoms with Crippen molar-refractivity contribution in [2.24, 2.45) is 0 Å². The van der Waals surface area contributed by atoms with Crippen LogP contribution >= 0.6 is 0 Å².